The van der Waals surface area contributed by atoms with Crippen LogP contribution in [0.2, 0.25) is 0 Å². The van der Waals surface area contributed by atoms with Crippen molar-refractivity contribution in [3.8, 4) is 33.6 Å². The predicted molar refractivity (Wildman–Crippen MR) is 394 cm³/mol. The lowest BCUT2D eigenvalue weighted by Gasteiger charge is -2.45. The smallest absolute Gasteiger partial charge is 0.252 e. The first-order valence-electron chi connectivity index (χ1n) is 39.5. The molecule has 91 heavy (non-hydrogen) atoms. The topological polar surface area (TPSA) is 16.3 Å². The van der Waals surface area contributed by atoms with Crippen LogP contribution in [0, 0.1) is 0 Å². The Bertz CT molecular complexity index is 5520. The Balaban J connectivity index is 1.10. The molecule has 4 heterocycles. The second-order valence-corrected chi connectivity index (χ2v) is 30.0. The summed E-state index contributed by atoms with van der Waals surface area (Å²) in [5, 5.41) is -0.206. The van der Waals surface area contributed by atoms with Gasteiger partial charge in [0.2, 0.25) is 0 Å². The average molecular weight is 1200 g/mol. The van der Waals surface area contributed by atoms with E-state index in [0.29, 0.717) is 22.7 Å². The molecule has 0 bridgehead atoms. The summed E-state index contributed by atoms with van der Waals surface area (Å²) in [5.41, 5.74) is 15.6. The molecule has 0 N–H and O–H groups in total. The Labute approximate surface area is 562 Å². The van der Waals surface area contributed by atoms with Gasteiger partial charge in [-0.1, -0.05) is 249 Å². The molecule has 0 aliphatic carbocycles. The van der Waals surface area contributed by atoms with E-state index in [1.807, 2.05) is 36.4 Å². The van der Waals surface area contributed by atoms with E-state index in [1.165, 1.54) is 22.3 Å². The van der Waals surface area contributed by atoms with Crippen LogP contribution in [0.15, 0.2) is 230 Å². The number of fused-ring (bicyclic) bond motifs is 10. The van der Waals surface area contributed by atoms with E-state index < -0.39 is 109 Å². The second kappa shape index (κ2) is 20.6. The quantitative estimate of drug-likeness (QED) is 0.154. The van der Waals surface area contributed by atoms with Gasteiger partial charge in [0, 0.05) is 67.0 Å². The van der Waals surface area contributed by atoms with Crippen molar-refractivity contribution < 1.29 is 21.9 Å². The fourth-order valence-electron chi connectivity index (χ4n) is 13.6. The van der Waals surface area contributed by atoms with Crippen molar-refractivity contribution in [1.82, 2.24) is 9.13 Å². The molecule has 0 fully saturated rings. The van der Waals surface area contributed by atoms with E-state index in [9.17, 15) is 11.0 Å². The highest BCUT2D eigenvalue weighted by atomic mass is 15.2. The van der Waals surface area contributed by atoms with Crippen LogP contribution in [-0.4, -0.2) is 15.8 Å². The summed E-state index contributed by atoms with van der Waals surface area (Å²) in [5.74, 6) is 0. The molecule has 0 saturated heterocycles. The van der Waals surface area contributed by atoms with Crippen molar-refractivity contribution >= 4 is 101 Å². The number of rotatable bonds is 6. The third kappa shape index (κ3) is 9.72. The molecule has 4 nitrogen and oxygen atoms in total. The lowest BCUT2D eigenvalue weighted by Crippen LogP contribution is -2.61. The van der Waals surface area contributed by atoms with Crippen molar-refractivity contribution in [1.29, 1.82) is 0 Å². The Morgan fingerprint density at radius 2 is 0.593 bits per heavy atom. The molecule has 0 unspecified atom stereocenters. The van der Waals surface area contributed by atoms with Crippen LogP contribution in [0.5, 0.6) is 0 Å². The summed E-state index contributed by atoms with van der Waals surface area (Å²) >= 11 is 0. The lowest BCUT2D eigenvalue weighted by molar-refractivity contribution is 0.568. The maximum Gasteiger partial charge on any atom is 0.252 e. The van der Waals surface area contributed by atoms with Gasteiger partial charge < -0.3 is 18.9 Å². The molecule has 2 aromatic heterocycles. The molecular formula is C86H83BN4. The van der Waals surface area contributed by atoms with Gasteiger partial charge in [0.05, 0.1) is 44.0 Å². The van der Waals surface area contributed by atoms with Gasteiger partial charge in [-0.3, -0.25) is 0 Å². The molecule has 5 heteroatoms. The highest BCUT2D eigenvalue weighted by Crippen LogP contribution is 2.49. The average Bonchev–Trinajstić information content (AvgIpc) is 1.69. The maximum atomic E-state index is 9.67. The molecule has 0 radical (unpaired) electrons. The standard InChI is InChI=1S/C86H83BN4/c1-82(2,3)58-42-56(43-59(48-58)83(4,5)6)54-26-24-28-63(46-54)90-77-52-65(88-73-34-20-16-30-67(73)68-31-17-21-35-74(68)88)38-40-71(77)87-72-41-39-66(89-75-36-22-18-32-69(75)70-33-19-23-37-76(70)89)53-78(72)91(80-51-62(86(13,14)15)50-79(90)81(80)87)64-29-25-27-55(47-64)57-44-60(84(7,8)9)49-61(45-57)85(10,11)12/h16-53H,1-15H3/i16D,17D,18D,19D,20D,21D,22D,23D,30D,31D,32D,33D,34D,35D,36D,37D. The molecule has 0 saturated carbocycles. The molecule has 0 spiro atoms. The monoisotopic (exact) mass is 1200 g/mol. The predicted octanol–water partition coefficient (Wildman–Crippen LogP) is 21.8. The number of benzene rings is 11. The summed E-state index contributed by atoms with van der Waals surface area (Å²) in [4.78, 5) is 4.50. The normalized spacial score (nSPS) is 16.1. The fraction of sp³-hybridized carbons (Fsp3) is 0.233. The highest BCUT2D eigenvalue weighted by molar-refractivity contribution is 7.00. The molecule has 0 amide bonds. The van der Waals surface area contributed by atoms with E-state index in [2.05, 4.69) is 211 Å². The molecule has 11 aromatic carbocycles. The first kappa shape index (κ1) is 42.6. The second-order valence-electron chi connectivity index (χ2n) is 30.0. The third-order valence-corrected chi connectivity index (χ3v) is 18.7. The zero-order valence-electron chi connectivity index (χ0n) is 70.6. The van der Waals surface area contributed by atoms with Crippen LogP contribution < -0.4 is 26.2 Å². The number of para-hydroxylation sites is 4. The maximum absolute atomic E-state index is 9.67. The van der Waals surface area contributed by atoms with Crippen molar-refractivity contribution in [2.24, 2.45) is 0 Å². The Morgan fingerprint density at radius 3 is 0.912 bits per heavy atom. The van der Waals surface area contributed by atoms with E-state index in [1.54, 1.807) is 9.13 Å². The number of hydrogen-bond acceptors (Lipinski definition) is 2. The van der Waals surface area contributed by atoms with Gasteiger partial charge in [0.1, 0.15) is 0 Å². The summed E-state index contributed by atoms with van der Waals surface area (Å²) in [6.07, 6.45) is 0. The molecule has 15 rings (SSSR count). The van der Waals surface area contributed by atoms with Crippen LogP contribution in [0.25, 0.3) is 77.2 Å². The van der Waals surface area contributed by atoms with Crippen LogP contribution in [0.4, 0.5) is 34.1 Å². The summed E-state index contributed by atoms with van der Waals surface area (Å²) in [6, 6.07) is 38.8. The Kier molecular flexibility index (Phi) is 9.65. The van der Waals surface area contributed by atoms with E-state index >= 15 is 0 Å². The summed E-state index contributed by atoms with van der Waals surface area (Å²) in [6.45, 7) is 32.5. The highest BCUT2D eigenvalue weighted by Gasteiger charge is 2.45. The molecule has 2 aliphatic rings. The van der Waals surface area contributed by atoms with Gasteiger partial charge in [-0.05, 0) is 178 Å². The number of hydrogen-bond donors (Lipinski definition) is 0. The van der Waals surface area contributed by atoms with Crippen molar-refractivity contribution in [3.63, 3.8) is 0 Å². The fourth-order valence-corrected chi connectivity index (χ4v) is 13.6. The molecular weight excluding hydrogens is 1100 g/mol. The van der Waals surface area contributed by atoms with Gasteiger partial charge in [-0.15, -0.1) is 0 Å². The van der Waals surface area contributed by atoms with Crippen LogP contribution in [-0.2, 0) is 27.1 Å². The first-order chi connectivity index (χ1) is 49.9. The molecule has 450 valence electrons. The number of nitrogens with zero attached hydrogens (tertiary/aromatic N) is 4. The van der Waals surface area contributed by atoms with Gasteiger partial charge in [-0.25, -0.2) is 0 Å². The Hall–Kier alpha value is -9.32. The molecule has 13 aromatic rings. The minimum atomic E-state index is -0.655. The minimum absolute atomic E-state index is 0.0265. The Morgan fingerprint density at radius 1 is 0.286 bits per heavy atom. The zero-order chi connectivity index (χ0) is 77.3. The van der Waals surface area contributed by atoms with Crippen molar-refractivity contribution in [3.05, 3.63) is 258 Å². The van der Waals surface area contributed by atoms with Crippen LogP contribution in [0.1, 0.15) is 154 Å². The minimum Gasteiger partial charge on any atom is -0.311 e. The van der Waals surface area contributed by atoms with E-state index in [4.69, 9.17) is 11.0 Å². The third-order valence-electron chi connectivity index (χ3n) is 18.7. The lowest BCUT2D eigenvalue weighted by atomic mass is 9.33. The van der Waals surface area contributed by atoms with Gasteiger partial charge in [0.15, 0.2) is 0 Å². The summed E-state index contributed by atoms with van der Waals surface area (Å²) in [7, 11) is 0. The van der Waals surface area contributed by atoms with E-state index in [0.717, 1.165) is 67.0 Å². The zero-order valence-corrected chi connectivity index (χ0v) is 54.6. The number of aromatic nitrogens is 2. The van der Waals surface area contributed by atoms with Gasteiger partial charge in [-0.2, -0.15) is 0 Å². The number of anilines is 6. The van der Waals surface area contributed by atoms with Crippen LogP contribution >= 0.6 is 0 Å². The van der Waals surface area contributed by atoms with Crippen molar-refractivity contribution in [2.75, 3.05) is 9.80 Å². The van der Waals surface area contributed by atoms with Crippen molar-refractivity contribution in [2.45, 2.75) is 131 Å². The summed E-state index contributed by atoms with van der Waals surface area (Å²) < 4.78 is 152. The van der Waals surface area contributed by atoms with Gasteiger partial charge in [0.25, 0.3) is 6.71 Å². The largest absolute Gasteiger partial charge is 0.311 e. The first-order valence-corrected chi connectivity index (χ1v) is 31.5. The van der Waals surface area contributed by atoms with E-state index in [-0.39, 0.29) is 65.3 Å². The van der Waals surface area contributed by atoms with Gasteiger partial charge >= 0.3 is 0 Å². The molecule has 0 atom stereocenters. The SMILES string of the molecule is [2H]c1c([2H])c([2H])c2c(c1[2H])c1c([2H])c([2H])c([2H])c([2H])c1n2-c1ccc2c(c1)N(c1cccc(-c3cc(C(C)(C)C)cc(C(C)(C)C)c3)c1)c1cc(C(C)(C)C)cc3c1B2c1ccc(-n2c4c([2H])c([2H])c([2H])c([2H])c4c4c([2H])c([2H])c([2H])c([2H])c42)cc1N3c1cccc(-c2cc(C(C)(C)C)cc(C(C)(C)C)c2)c1. The molecule has 2 aliphatic heterocycles. The van der Waals surface area contributed by atoms with Crippen LogP contribution in [0.3, 0.4) is 0 Å².